The summed E-state index contributed by atoms with van der Waals surface area (Å²) in [6, 6.07) is 5.83. The molecule has 0 fully saturated rings. The highest BCUT2D eigenvalue weighted by Crippen LogP contribution is 2.32. The summed E-state index contributed by atoms with van der Waals surface area (Å²) in [4.78, 5) is 11.5. The largest absolute Gasteiger partial charge is 0.293 e. The van der Waals surface area contributed by atoms with E-state index in [-0.39, 0.29) is 11.7 Å². The molecule has 0 radical (unpaired) electrons. The van der Waals surface area contributed by atoms with E-state index in [4.69, 9.17) is 11.6 Å². The van der Waals surface area contributed by atoms with E-state index in [1.54, 1.807) is 11.3 Å². The third-order valence-electron chi connectivity index (χ3n) is 1.97. The second-order valence-electron chi connectivity index (χ2n) is 2.82. The van der Waals surface area contributed by atoms with Crippen molar-refractivity contribution in [1.29, 1.82) is 0 Å². The molecule has 0 aliphatic rings. The van der Waals surface area contributed by atoms with Gasteiger partial charge in [-0.3, -0.25) is 4.79 Å². The summed E-state index contributed by atoms with van der Waals surface area (Å²) in [5.74, 6) is 0.0224. The Balaban J connectivity index is 2.70. The van der Waals surface area contributed by atoms with Crippen LogP contribution in [0.15, 0.2) is 28.1 Å². The number of Topliss-reactive ketones (excluding diaryl/α,β-unsaturated/α-hetero) is 1. The third kappa shape index (κ3) is 1.60. The quantitative estimate of drug-likeness (QED) is 0.601. The van der Waals surface area contributed by atoms with E-state index in [0.29, 0.717) is 0 Å². The van der Waals surface area contributed by atoms with E-state index in [9.17, 15) is 4.79 Å². The van der Waals surface area contributed by atoms with Crippen LogP contribution in [-0.2, 0) is 0 Å². The number of hydrogen-bond donors (Lipinski definition) is 0. The number of carbonyl (C=O) groups is 1. The van der Waals surface area contributed by atoms with Gasteiger partial charge in [0.25, 0.3) is 0 Å². The molecule has 0 aliphatic carbocycles. The molecular weight excluding hydrogens is 284 g/mol. The van der Waals surface area contributed by atoms with Crippen molar-refractivity contribution in [1.82, 2.24) is 0 Å². The highest BCUT2D eigenvalue weighted by atomic mass is 79.9. The van der Waals surface area contributed by atoms with Crippen molar-refractivity contribution in [2.75, 3.05) is 5.88 Å². The molecule has 0 saturated carbocycles. The fraction of sp³-hybridized carbons (Fsp3) is 0.100. The van der Waals surface area contributed by atoms with E-state index < -0.39 is 0 Å². The van der Waals surface area contributed by atoms with Crippen LogP contribution in [0.25, 0.3) is 10.1 Å². The van der Waals surface area contributed by atoms with Crippen LogP contribution in [0.3, 0.4) is 0 Å². The Hall–Kier alpha value is -0.380. The standard InChI is InChI=1S/C10H6BrClOS/c11-8-3-1-2-6-7(9(13)4-12)5-14-10(6)8/h1-3,5H,4H2. The Kier molecular flexibility index (Phi) is 2.91. The van der Waals surface area contributed by atoms with Crippen LogP contribution in [0, 0.1) is 0 Å². The lowest BCUT2D eigenvalue weighted by Gasteiger charge is -1.95. The molecule has 1 heterocycles. The molecule has 0 unspecified atom stereocenters. The molecule has 0 atom stereocenters. The molecule has 1 aromatic carbocycles. The maximum absolute atomic E-state index is 11.5. The van der Waals surface area contributed by atoms with Crippen LogP contribution in [0.5, 0.6) is 0 Å². The van der Waals surface area contributed by atoms with Gasteiger partial charge in [0.15, 0.2) is 5.78 Å². The monoisotopic (exact) mass is 288 g/mol. The van der Waals surface area contributed by atoms with Gasteiger partial charge in [-0.15, -0.1) is 22.9 Å². The zero-order valence-corrected chi connectivity index (χ0v) is 10.2. The van der Waals surface area contributed by atoms with Gasteiger partial charge in [-0.25, -0.2) is 0 Å². The number of fused-ring (bicyclic) bond motifs is 1. The fourth-order valence-electron chi connectivity index (χ4n) is 1.31. The zero-order chi connectivity index (χ0) is 10.1. The second-order valence-corrected chi connectivity index (χ2v) is 4.82. The van der Waals surface area contributed by atoms with E-state index in [0.717, 1.165) is 20.1 Å². The molecule has 14 heavy (non-hydrogen) atoms. The van der Waals surface area contributed by atoms with Crippen molar-refractivity contribution < 1.29 is 4.79 Å². The molecule has 72 valence electrons. The predicted octanol–water partition coefficient (Wildman–Crippen LogP) is 4.09. The highest BCUT2D eigenvalue weighted by Gasteiger charge is 2.11. The molecule has 1 aromatic heterocycles. The maximum atomic E-state index is 11.5. The fourth-order valence-corrected chi connectivity index (χ4v) is 3.08. The van der Waals surface area contributed by atoms with Crippen molar-refractivity contribution in [3.63, 3.8) is 0 Å². The topological polar surface area (TPSA) is 17.1 Å². The SMILES string of the molecule is O=C(CCl)c1csc2c(Br)cccc12. The summed E-state index contributed by atoms with van der Waals surface area (Å²) in [5, 5.41) is 2.84. The molecule has 2 rings (SSSR count). The van der Waals surface area contributed by atoms with Gasteiger partial charge < -0.3 is 0 Å². The molecule has 0 bridgehead atoms. The van der Waals surface area contributed by atoms with E-state index >= 15 is 0 Å². The Bertz CT molecular complexity index is 492. The molecule has 1 nitrogen and oxygen atoms in total. The minimum atomic E-state index is -0.0176. The first-order valence-corrected chi connectivity index (χ1v) is 6.19. The van der Waals surface area contributed by atoms with Crippen LogP contribution in [-0.4, -0.2) is 11.7 Å². The van der Waals surface area contributed by atoms with Crippen molar-refractivity contribution >= 4 is 54.7 Å². The molecule has 0 aliphatic heterocycles. The number of carbonyl (C=O) groups excluding carboxylic acids is 1. The lowest BCUT2D eigenvalue weighted by atomic mass is 10.1. The van der Waals surface area contributed by atoms with Gasteiger partial charge in [0.2, 0.25) is 0 Å². The molecular formula is C10H6BrClOS. The first kappa shape index (κ1) is 10.1. The van der Waals surface area contributed by atoms with Crippen molar-refractivity contribution in [2.24, 2.45) is 0 Å². The predicted molar refractivity (Wildman–Crippen MR) is 64.6 cm³/mol. The molecule has 0 amide bonds. The second kappa shape index (κ2) is 4.01. The number of rotatable bonds is 2. The average molecular weight is 290 g/mol. The van der Waals surface area contributed by atoms with Crippen LogP contribution in [0.4, 0.5) is 0 Å². The van der Waals surface area contributed by atoms with Crippen LogP contribution >= 0.6 is 38.9 Å². The van der Waals surface area contributed by atoms with Gasteiger partial charge in [0.1, 0.15) is 0 Å². The van der Waals surface area contributed by atoms with E-state index in [1.165, 1.54) is 0 Å². The number of halogens is 2. The first-order valence-electron chi connectivity index (χ1n) is 3.99. The van der Waals surface area contributed by atoms with Gasteiger partial charge in [-0.05, 0) is 22.0 Å². The smallest absolute Gasteiger partial charge is 0.179 e. The van der Waals surface area contributed by atoms with Gasteiger partial charge in [0, 0.05) is 25.5 Å². The third-order valence-corrected chi connectivity index (χ3v) is 4.17. The Morgan fingerprint density at radius 3 is 3.00 bits per heavy atom. The number of hydrogen-bond acceptors (Lipinski definition) is 2. The summed E-state index contributed by atoms with van der Waals surface area (Å²) in [6.07, 6.45) is 0. The molecule has 0 N–H and O–H groups in total. The van der Waals surface area contributed by atoms with Gasteiger partial charge in [-0.2, -0.15) is 0 Å². The summed E-state index contributed by atoms with van der Waals surface area (Å²) in [6.45, 7) is 0. The molecule has 2 aromatic rings. The minimum absolute atomic E-state index is 0.0176. The number of alkyl halides is 1. The number of ketones is 1. The molecule has 4 heteroatoms. The molecule has 0 saturated heterocycles. The minimum Gasteiger partial charge on any atom is -0.293 e. The lowest BCUT2D eigenvalue weighted by Crippen LogP contribution is -1.97. The Morgan fingerprint density at radius 1 is 1.50 bits per heavy atom. The number of benzene rings is 1. The van der Waals surface area contributed by atoms with Crippen LogP contribution in [0.2, 0.25) is 0 Å². The zero-order valence-electron chi connectivity index (χ0n) is 7.09. The lowest BCUT2D eigenvalue weighted by molar-refractivity contribution is 0.102. The van der Waals surface area contributed by atoms with Gasteiger partial charge in [-0.1, -0.05) is 12.1 Å². The van der Waals surface area contributed by atoms with E-state index in [1.807, 2.05) is 23.6 Å². The Labute approximate surface area is 98.8 Å². The van der Waals surface area contributed by atoms with E-state index in [2.05, 4.69) is 15.9 Å². The Morgan fingerprint density at radius 2 is 2.29 bits per heavy atom. The summed E-state index contributed by atoms with van der Waals surface area (Å²) >= 11 is 10.5. The summed E-state index contributed by atoms with van der Waals surface area (Å²) in [7, 11) is 0. The van der Waals surface area contributed by atoms with Crippen molar-refractivity contribution in [2.45, 2.75) is 0 Å². The van der Waals surface area contributed by atoms with Crippen molar-refractivity contribution in [3.05, 3.63) is 33.6 Å². The number of thiophene rings is 1. The van der Waals surface area contributed by atoms with Gasteiger partial charge in [0.05, 0.1) is 5.88 Å². The normalized spacial score (nSPS) is 10.7. The van der Waals surface area contributed by atoms with Crippen molar-refractivity contribution in [3.8, 4) is 0 Å². The average Bonchev–Trinajstić information content (AvgIpc) is 2.62. The summed E-state index contributed by atoms with van der Waals surface area (Å²) in [5.41, 5.74) is 0.723. The van der Waals surface area contributed by atoms with Crippen LogP contribution in [0.1, 0.15) is 10.4 Å². The van der Waals surface area contributed by atoms with Crippen LogP contribution < -0.4 is 0 Å². The highest BCUT2D eigenvalue weighted by molar-refractivity contribution is 9.10. The summed E-state index contributed by atoms with van der Waals surface area (Å²) < 4.78 is 2.12. The maximum Gasteiger partial charge on any atom is 0.179 e. The first-order chi connectivity index (χ1) is 6.74. The van der Waals surface area contributed by atoms with Gasteiger partial charge >= 0.3 is 0 Å². The molecule has 0 spiro atoms.